The van der Waals surface area contributed by atoms with Crippen LogP contribution in [0.25, 0.3) is 0 Å². The summed E-state index contributed by atoms with van der Waals surface area (Å²) in [7, 11) is 3.35. The number of methoxy groups -OCH3 is 2. The molecule has 2 rings (SSSR count). The Morgan fingerprint density at radius 2 is 1.95 bits per heavy atom. The molecule has 0 unspecified atom stereocenters. The Kier molecular flexibility index (Phi) is 4.66. The molecule has 0 spiro atoms. The van der Waals surface area contributed by atoms with E-state index in [9.17, 15) is 0 Å². The molecule has 1 aromatic rings. The van der Waals surface area contributed by atoms with E-state index in [1.165, 1.54) is 0 Å². The zero-order valence-corrected chi connectivity index (χ0v) is 12.0. The molecule has 1 N–H and O–H groups in total. The molecule has 0 saturated carbocycles. The van der Waals surface area contributed by atoms with Gasteiger partial charge in [-0.1, -0.05) is 6.07 Å². The first-order valence-electron chi connectivity index (χ1n) is 6.70. The van der Waals surface area contributed by atoms with Gasteiger partial charge in [-0.3, -0.25) is 0 Å². The van der Waals surface area contributed by atoms with Gasteiger partial charge in [0.05, 0.1) is 14.2 Å². The first kappa shape index (κ1) is 14.2. The van der Waals surface area contributed by atoms with Crippen LogP contribution in [0.5, 0.6) is 11.5 Å². The Bertz CT molecular complexity index is 414. The quantitative estimate of drug-likeness (QED) is 0.887. The maximum atomic E-state index is 5.42. The van der Waals surface area contributed by atoms with Gasteiger partial charge in [0.15, 0.2) is 0 Å². The van der Waals surface area contributed by atoms with Gasteiger partial charge in [0.25, 0.3) is 0 Å². The van der Waals surface area contributed by atoms with E-state index >= 15 is 0 Å². The molecule has 1 fully saturated rings. The van der Waals surface area contributed by atoms with E-state index in [2.05, 4.69) is 12.2 Å². The van der Waals surface area contributed by atoms with Crippen molar-refractivity contribution in [3.8, 4) is 11.5 Å². The first-order valence-corrected chi connectivity index (χ1v) is 6.70. The van der Waals surface area contributed by atoms with Gasteiger partial charge in [0.2, 0.25) is 0 Å². The molecule has 1 saturated heterocycles. The normalized spacial score (nSPS) is 18.1. The third kappa shape index (κ3) is 3.61. The first-order chi connectivity index (χ1) is 9.17. The zero-order chi connectivity index (χ0) is 13.7. The van der Waals surface area contributed by atoms with Crippen molar-refractivity contribution >= 4 is 0 Å². The van der Waals surface area contributed by atoms with Crippen LogP contribution in [-0.2, 0) is 11.3 Å². The molecule has 0 atom stereocenters. The minimum absolute atomic E-state index is 0.156. The Balaban J connectivity index is 2.02. The molecule has 1 aliphatic rings. The van der Waals surface area contributed by atoms with E-state index in [0.29, 0.717) is 0 Å². The van der Waals surface area contributed by atoms with Crippen LogP contribution in [0.3, 0.4) is 0 Å². The van der Waals surface area contributed by atoms with Gasteiger partial charge in [-0.15, -0.1) is 0 Å². The molecule has 1 aliphatic heterocycles. The van der Waals surface area contributed by atoms with Crippen LogP contribution in [-0.4, -0.2) is 33.0 Å². The summed E-state index contributed by atoms with van der Waals surface area (Å²) >= 11 is 0. The fraction of sp³-hybridized carbons (Fsp3) is 0.600. The smallest absolute Gasteiger partial charge is 0.127 e. The predicted molar refractivity (Wildman–Crippen MR) is 74.8 cm³/mol. The summed E-state index contributed by atoms with van der Waals surface area (Å²) in [5, 5.41) is 3.63. The van der Waals surface area contributed by atoms with Gasteiger partial charge in [0.1, 0.15) is 11.5 Å². The van der Waals surface area contributed by atoms with E-state index in [-0.39, 0.29) is 5.54 Å². The minimum Gasteiger partial charge on any atom is -0.497 e. The molecule has 1 heterocycles. The van der Waals surface area contributed by atoms with E-state index < -0.39 is 0 Å². The summed E-state index contributed by atoms with van der Waals surface area (Å²) in [5.74, 6) is 1.68. The summed E-state index contributed by atoms with van der Waals surface area (Å²) in [6.07, 6.45) is 2.09. The zero-order valence-electron chi connectivity index (χ0n) is 12.0. The summed E-state index contributed by atoms with van der Waals surface area (Å²) in [6, 6.07) is 5.93. The van der Waals surface area contributed by atoms with E-state index in [0.717, 1.165) is 49.7 Å². The maximum absolute atomic E-state index is 5.42. The van der Waals surface area contributed by atoms with Crippen LogP contribution in [0.15, 0.2) is 18.2 Å². The molecule has 4 nitrogen and oxygen atoms in total. The average Bonchev–Trinajstić information content (AvgIpc) is 2.45. The molecule has 1 aromatic carbocycles. The highest BCUT2D eigenvalue weighted by Crippen LogP contribution is 2.26. The van der Waals surface area contributed by atoms with Crippen molar-refractivity contribution < 1.29 is 14.2 Å². The molecule has 0 bridgehead atoms. The Labute approximate surface area is 115 Å². The molecule has 4 heteroatoms. The van der Waals surface area contributed by atoms with Gasteiger partial charge in [-0.25, -0.2) is 0 Å². The van der Waals surface area contributed by atoms with Crippen LogP contribution in [0.1, 0.15) is 25.3 Å². The number of benzene rings is 1. The lowest BCUT2D eigenvalue weighted by Gasteiger charge is -2.34. The van der Waals surface area contributed by atoms with Gasteiger partial charge < -0.3 is 19.5 Å². The maximum Gasteiger partial charge on any atom is 0.127 e. The van der Waals surface area contributed by atoms with E-state index in [1.54, 1.807) is 14.2 Å². The fourth-order valence-electron chi connectivity index (χ4n) is 2.31. The van der Waals surface area contributed by atoms with Crippen LogP contribution < -0.4 is 14.8 Å². The molecule has 0 aromatic heterocycles. The highest BCUT2D eigenvalue weighted by molar-refractivity contribution is 5.40. The second kappa shape index (κ2) is 6.26. The summed E-state index contributed by atoms with van der Waals surface area (Å²) in [5.41, 5.74) is 1.31. The van der Waals surface area contributed by atoms with Gasteiger partial charge >= 0.3 is 0 Å². The highest BCUT2D eigenvalue weighted by Gasteiger charge is 2.26. The largest absolute Gasteiger partial charge is 0.497 e. The van der Waals surface area contributed by atoms with Crippen LogP contribution in [0.2, 0.25) is 0 Å². The predicted octanol–water partition coefficient (Wildman–Crippen LogP) is 2.36. The number of ether oxygens (including phenoxy) is 3. The molecule has 0 radical (unpaired) electrons. The van der Waals surface area contributed by atoms with Crippen molar-refractivity contribution in [3.63, 3.8) is 0 Å². The lowest BCUT2D eigenvalue weighted by molar-refractivity contribution is 0.0445. The monoisotopic (exact) mass is 265 g/mol. The van der Waals surface area contributed by atoms with Crippen LogP contribution >= 0.6 is 0 Å². The standard InChI is InChI=1S/C15H23NO3/c1-15(6-8-19-9-7-15)16-11-12-4-5-13(17-2)10-14(12)18-3/h4-5,10,16H,6-9,11H2,1-3H3. The third-order valence-electron chi connectivity index (χ3n) is 3.80. The van der Waals surface area contributed by atoms with Crippen molar-refractivity contribution in [2.75, 3.05) is 27.4 Å². The van der Waals surface area contributed by atoms with Gasteiger partial charge in [-0.05, 0) is 25.8 Å². The molecule has 0 amide bonds. The second-order valence-corrected chi connectivity index (χ2v) is 5.20. The second-order valence-electron chi connectivity index (χ2n) is 5.20. The SMILES string of the molecule is COc1ccc(CNC2(C)CCOCC2)c(OC)c1. The Hall–Kier alpha value is -1.26. The average molecular weight is 265 g/mol. The van der Waals surface area contributed by atoms with Crippen molar-refractivity contribution in [2.24, 2.45) is 0 Å². The molecular formula is C15H23NO3. The van der Waals surface area contributed by atoms with Crippen LogP contribution in [0.4, 0.5) is 0 Å². The molecular weight excluding hydrogens is 242 g/mol. The molecule has 19 heavy (non-hydrogen) atoms. The minimum atomic E-state index is 0.156. The number of hydrogen-bond acceptors (Lipinski definition) is 4. The van der Waals surface area contributed by atoms with E-state index in [4.69, 9.17) is 14.2 Å². The molecule has 106 valence electrons. The van der Waals surface area contributed by atoms with Gasteiger partial charge in [-0.2, -0.15) is 0 Å². The Morgan fingerprint density at radius 3 is 2.58 bits per heavy atom. The van der Waals surface area contributed by atoms with Crippen molar-refractivity contribution in [2.45, 2.75) is 31.8 Å². The van der Waals surface area contributed by atoms with Gasteiger partial charge in [0, 0.05) is 36.9 Å². The topological polar surface area (TPSA) is 39.7 Å². The summed E-state index contributed by atoms with van der Waals surface area (Å²) in [4.78, 5) is 0. The van der Waals surface area contributed by atoms with Crippen molar-refractivity contribution in [3.05, 3.63) is 23.8 Å². The fourth-order valence-corrected chi connectivity index (χ4v) is 2.31. The van der Waals surface area contributed by atoms with Crippen LogP contribution in [0, 0.1) is 0 Å². The highest BCUT2D eigenvalue weighted by atomic mass is 16.5. The summed E-state index contributed by atoms with van der Waals surface area (Å²) < 4.78 is 16.0. The van der Waals surface area contributed by atoms with Crippen molar-refractivity contribution in [1.82, 2.24) is 5.32 Å². The lowest BCUT2D eigenvalue weighted by Crippen LogP contribution is -2.46. The third-order valence-corrected chi connectivity index (χ3v) is 3.80. The van der Waals surface area contributed by atoms with Crippen molar-refractivity contribution in [1.29, 1.82) is 0 Å². The number of hydrogen-bond donors (Lipinski definition) is 1. The van der Waals surface area contributed by atoms with E-state index in [1.807, 2.05) is 18.2 Å². The Morgan fingerprint density at radius 1 is 1.21 bits per heavy atom. The number of nitrogens with one attached hydrogen (secondary N) is 1. The summed E-state index contributed by atoms with van der Waals surface area (Å²) in [6.45, 7) is 4.72. The number of rotatable bonds is 5. The molecule has 0 aliphatic carbocycles. The lowest BCUT2D eigenvalue weighted by atomic mass is 9.92.